The van der Waals surface area contributed by atoms with E-state index in [2.05, 4.69) is 82.7 Å². The number of para-hydroxylation sites is 1. The van der Waals surface area contributed by atoms with Gasteiger partial charge in [-0.25, -0.2) is 0 Å². The van der Waals surface area contributed by atoms with E-state index in [0.717, 1.165) is 21.0 Å². The van der Waals surface area contributed by atoms with E-state index < -0.39 is 0 Å². The van der Waals surface area contributed by atoms with E-state index in [1.54, 1.807) is 0 Å². The van der Waals surface area contributed by atoms with E-state index >= 15 is 0 Å². The first-order chi connectivity index (χ1) is 13.3. The van der Waals surface area contributed by atoms with Crippen LogP contribution < -0.4 is 0 Å². The molecule has 3 heteroatoms. The maximum absolute atomic E-state index is 6.11. The summed E-state index contributed by atoms with van der Waals surface area (Å²) < 4.78 is 9.83. The number of halogens is 1. The van der Waals surface area contributed by atoms with Crippen molar-refractivity contribution in [1.82, 2.24) is 0 Å². The summed E-state index contributed by atoms with van der Waals surface area (Å²) in [4.78, 5) is 0. The molecular formula is C24H13BrOS. The number of thiophene rings is 1. The van der Waals surface area contributed by atoms with Gasteiger partial charge in [-0.1, -0.05) is 58.4 Å². The summed E-state index contributed by atoms with van der Waals surface area (Å²) in [7, 11) is 0. The number of fused-ring (bicyclic) bond motifs is 6. The molecule has 6 aromatic rings. The Morgan fingerprint density at radius 2 is 1.44 bits per heavy atom. The summed E-state index contributed by atoms with van der Waals surface area (Å²) in [6, 6.07) is 27.8. The Balaban J connectivity index is 1.68. The van der Waals surface area contributed by atoms with Gasteiger partial charge in [0.15, 0.2) is 0 Å². The van der Waals surface area contributed by atoms with Crippen LogP contribution in [-0.4, -0.2) is 0 Å². The van der Waals surface area contributed by atoms with E-state index in [4.69, 9.17) is 4.42 Å². The van der Waals surface area contributed by atoms with E-state index in [-0.39, 0.29) is 0 Å². The zero-order valence-corrected chi connectivity index (χ0v) is 16.6. The molecule has 0 aliphatic rings. The van der Waals surface area contributed by atoms with Gasteiger partial charge in [0.2, 0.25) is 0 Å². The van der Waals surface area contributed by atoms with Crippen LogP contribution in [0, 0.1) is 0 Å². The van der Waals surface area contributed by atoms with E-state index in [0.29, 0.717) is 0 Å². The quantitative estimate of drug-likeness (QED) is 0.256. The summed E-state index contributed by atoms with van der Waals surface area (Å²) >= 11 is 5.56. The fourth-order valence-corrected chi connectivity index (χ4v) is 5.58. The minimum Gasteiger partial charge on any atom is -0.456 e. The van der Waals surface area contributed by atoms with Crippen molar-refractivity contribution >= 4 is 69.4 Å². The topological polar surface area (TPSA) is 13.1 Å². The standard InChI is InChI=1S/C24H13BrOS/c25-15-12-19(24-20(13-15)18-6-2-4-8-23(18)27-24)14-9-10-17-16-5-1-3-7-21(16)26-22(17)11-14/h1-13H. The SMILES string of the molecule is Brc1cc(-c2ccc3c(c2)oc2ccccc23)c2sc3ccccc3c2c1. The number of hydrogen-bond acceptors (Lipinski definition) is 2. The smallest absolute Gasteiger partial charge is 0.136 e. The number of rotatable bonds is 1. The van der Waals surface area contributed by atoms with Crippen LogP contribution in [-0.2, 0) is 0 Å². The van der Waals surface area contributed by atoms with E-state index in [1.165, 1.54) is 36.7 Å². The Morgan fingerprint density at radius 1 is 0.667 bits per heavy atom. The Bertz CT molecular complexity index is 1490. The first-order valence-electron chi connectivity index (χ1n) is 8.80. The summed E-state index contributed by atoms with van der Waals surface area (Å²) in [5.74, 6) is 0. The molecule has 0 amide bonds. The summed E-state index contributed by atoms with van der Waals surface area (Å²) in [5.41, 5.74) is 4.29. The van der Waals surface area contributed by atoms with Crippen molar-refractivity contribution in [2.75, 3.05) is 0 Å². The second-order valence-electron chi connectivity index (χ2n) is 6.74. The first kappa shape index (κ1) is 15.4. The van der Waals surface area contributed by atoms with Crippen LogP contribution in [0.5, 0.6) is 0 Å². The lowest BCUT2D eigenvalue weighted by Crippen LogP contribution is -1.79. The number of furan rings is 1. The summed E-state index contributed by atoms with van der Waals surface area (Å²) in [6.45, 7) is 0. The third-order valence-corrected chi connectivity index (χ3v) is 6.81. The summed E-state index contributed by atoms with van der Waals surface area (Å²) in [6.07, 6.45) is 0. The van der Waals surface area contributed by atoms with Crippen molar-refractivity contribution in [3.05, 3.63) is 83.3 Å². The van der Waals surface area contributed by atoms with Crippen LogP contribution in [0.15, 0.2) is 87.8 Å². The molecule has 0 bridgehead atoms. The molecule has 1 nitrogen and oxygen atoms in total. The van der Waals surface area contributed by atoms with Gasteiger partial charge in [0.05, 0.1) is 0 Å². The predicted molar refractivity (Wildman–Crippen MR) is 120 cm³/mol. The maximum Gasteiger partial charge on any atom is 0.136 e. The molecule has 0 saturated carbocycles. The molecule has 27 heavy (non-hydrogen) atoms. The third-order valence-electron chi connectivity index (χ3n) is 5.13. The monoisotopic (exact) mass is 428 g/mol. The highest BCUT2D eigenvalue weighted by Gasteiger charge is 2.14. The average Bonchev–Trinajstić information content (AvgIpc) is 3.25. The van der Waals surface area contributed by atoms with Gasteiger partial charge in [-0.05, 0) is 42.0 Å². The summed E-state index contributed by atoms with van der Waals surface area (Å²) in [5, 5.41) is 4.94. The lowest BCUT2D eigenvalue weighted by molar-refractivity contribution is 0.669. The minimum atomic E-state index is 0.933. The zero-order chi connectivity index (χ0) is 18.0. The molecule has 128 valence electrons. The zero-order valence-electron chi connectivity index (χ0n) is 14.2. The van der Waals surface area contributed by atoms with Crippen molar-refractivity contribution in [1.29, 1.82) is 0 Å². The average molecular weight is 429 g/mol. The Hall–Kier alpha value is -2.62. The highest BCUT2D eigenvalue weighted by atomic mass is 79.9. The number of hydrogen-bond donors (Lipinski definition) is 0. The predicted octanol–water partition coefficient (Wildman–Crippen LogP) is 8.38. The first-order valence-corrected chi connectivity index (χ1v) is 10.4. The molecule has 0 aliphatic heterocycles. The highest BCUT2D eigenvalue weighted by molar-refractivity contribution is 9.10. The highest BCUT2D eigenvalue weighted by Crippen LogP contribution is 2.42. The molecule has 0 aliphatic carbocycles. The van der Waals surface area contributed by atoms with Gasteiger partial charge >= 0.3 is 0 Å². The normalized spacial score (nSPS) is 11.9. The fraction of sp³-hybridized carbons (Fsp3) is 0. The molecule has 0 atom stereocenters. The maximum atomic E-state index is 6.11. The van der Waals surface area contributed by atoms with Crippen molar-refractivity contribution in [2.45, 2.75) is 0 Å². The molecule has 0 radical (unpaired) electrons. The molecule has 0 saturated heterocycles. The van der Waals surface area contributed by atoms with Crippen LogP contribution in [0.4, 0.5) is 0 Å². The molecular weight excluding hydrogens is 416 g/mol. The van der Waals surface area contributed by atoms with E-state index in [9.17, 15) is 0 Å². The lowest BCUT2D eigenvalue weighted by Gasteiger charge is -2.05. The molecule has 2 aromatic heterocycles. The Morgan fingerprint density at radius 3 is 2.37 bits per heavy atom. The Kier molecular flexibility index (Phi) is 3.25. The van der Waals surface area contributed by atoms with Crippen LogP contribution in [0.2, 0.25) is 0 Å². The Labute approximate surface area is 168 Å². The molecule has 4 aromatic carbocycles. The lowest BCUT2D eigenvalue weighted by atomic mass is 10.0. The van der Waals surface area contributed by atoms with Gasteiger partial charge in [0, 0.05) is 41.0 Å². The van der Waals surface area contributed by atoms with Crippen molar-refractivity contribution in [2.24, 2.45) is 0 Å². The molecule has 0 N–H and O–H groups in total. The van der Waals surface area contributed by atoms with Gasteiger partial charge < -0.3 is 4.42 Å². The molecule has 0 fully saturated rings. The van der Waals surface area contributed by atoms with Crippen molar-refractivity contribution in [3.8, 4) is 11.1 Å². The molecule has 0 unspecified atom stereocenters. The number of benzene rings is 4. The molecule has 0 spiro atoms. The largest absolute Gasteiger partial charge is 0.456 e. The van der Waals surface area contributed by atoms with Gasteiger partial charge in [0.25, 0.3) is 0 Å². The fourth-order valence-electron chi connectivity index (χ4n) is 3.90. The molecule has 6 rings (SSSR count). The second kappa shape index (κ2) is 5.69. The van der Waals surface area contributed by atoms with Crippen LogP contribution >= 0.6 is 27.3 Å². The van der Waals surface area contributed by atoms with E-state index in [1.807, 2.05) is 23.5 Å². The van der Waals surface area contributed by atoms with Crippen molar-refractivity contribution in [3.63, 3.8) is 0 Å². The second-order valence-corrected chi connectivity index (χ2v) is 8.71. The third kappa shape index (κ3) is 2.29. The van der Waals surface area contributed by atoms with Crippen LogP contribution in [0.25, 0.3) is 53.2 Å². The minimum absolute atomic E-state index is 0.933. The molecule has 2 heterocycles. The van der Waals surface area contributed by atoms with Crippen molar-refractivity contribution < 1.29 is 4.42 Å². The van der Waals surface area contributed by atoms with Gasteiger partial charge in [-0.3, -0.25) is 0 Å². The van der Waals surface area contributed by atoms with Gasteiger partial charge in [0.1, 0.15) is 11.2 Å². The van der Waals surface area contributed by atoms with Gasteiger partial charge in [-0.15, -0.1) is 11.3 Å². The van der Waals surface area contributed by atoms with Gasteiger partial charge in [-0.2, -0.15) is 0 Å². The van der Waals surface area contributed by atoms with Crippen LogP contribution in [0.1, 0.15) is 0 Å². The van der Waals surface area contributed by atoms with Crippen LogP contribution in [0.3, 0.4) is 0 Å².